The Hall–Kier alpha value is -0.350. The number of hydrazine groups is 1. The minimum absolute atomic E-state index is 0.450. The minimum atomic E-state index is 0.450. The fourth-order valence-corrected chi connectivity index (χ4v) is 0.412. The van der Waals surface area contributed by atoms with Crippen LogP contribution in [0.2, 0.25) is 0 Å². The smallest absolute Gasteiger partial charge is 0.180 e. The van der Waals surface area contributed by atoms with Crippen molar-refractivity contribution in [2.45, 2.75) is 26.3 Å². The van der Waals surface area contributed by atoms with Crippen molar-refractivity contribution in [2.24, 2.45) is 0 Å². The van der Waals surface area contributed by atoms with Crippen molar-refractivity contribution in [1.29, 1.82) is 0 Å². The summed E-state index contributed by atoms with van der Waals surface area (Å²) in [6.45, 7) is 4.20. The first-order valence-electron chi connectivity index (χ1n) is 3.44. The molecule has 0 rings (SSSR count). The van der Waals surface area contributed by atoms with Gasteiger partial charge in [-0.1, -0.05) is 6.92 Å². The molecule has 0 amide bonds. The summed E-state index contributed by atoms with van der Waals surface area (Å²) in [4.78, 5) is 0. The Balaban J connectivity index is 3.26. The summed E-state index contributed by atoms with van der Waals surface area (Å²) in [5, 5.41) is 3.43. The molecule has 0 aliphatic carbocycles. The van der Waals surface area contributed by atoms with E-state index in [4.69, 9.17) is 12.2 Å². The number of rotatable bonds is 3. The molecular weight excluding hydrogens is 146 g/mol. The van der Waals surface area contributed by atoms with Gasteiger partial charge in [-0.05, 0) is 25.6 Å². The maximum atomic E-state index is 4.84. The molecule has 0 spiro atoms. The van der Waals surface area contributed by atoms with Gasteiger partial charge in [0.1, 0.15) is 0 Å². The van der Waals surface area contributed by atoms with Crippen LogP contribution in [0.25, 0.3) is 0 Å². The van der Waals surface area contributed by atoms with E-state index in [9.17, 15) is 0 Å². The van der Waals surface area contributed by atoms with Crippen LogP contribution in [0.3, 0.4) is 0 Å². The average Bonchev–Trinajstić information content (AvgIpc) is 1.99. The largest absolute Gasteiger partial charge is 0.365 e. The third kappa shape index (κ3) is 4.52. The van der Waals surface area contributed by atoms with Gasteiger partial charge >= 0.3 is 0 Å². The lowest BCUT2D eigenvalue weighted by molar-refractivity contribution is 0.507. The fraction of sp³-hybridized carbons (Fsp3) is 0.833. The van der Waals surface area contributed by atoms with Gasteiger partial charge in [0.2, 0.25) is 0 Å². The van der Waals surface area contributed by atoms with Gasteiger partial charge in [-0.3, -0.25) is 5.43 Å². The van der Waals surface area contributed by atoms with E-state index in [0.717, 1.165) is 6.42 Å². The Morgan fingerprint density at radius 1 is 1.60 bits per heavy atom. The molecule has 1 unspecified atom stereocenters. The number of hydrogen-bond donors (Lipinski definition) is 3. The summed E-state index contributed by atoms with van der Waals surface area (Å²) in [6.07, 6.45) is 1.08. The average molecular weight is 161 g/mol. The van der Waals surface area contributed by atoms with Crippen LogP contribution < -0.4 is 16.2 Å². The van der Waals surface area contributed by atoms with Crippen LogP contribution in [-0.2, 0) is 0 Å². The van der Waals surface area contributed by atoms with E-state index >= 15 is 0 Å². The molecule has 10 heavy (non-hydrogen) atoms. The predicted octanol–water partition coefficient (Wildman–Crippen LogP) is 0.383. The molecule has 3 nitrogen and oxygen atoms in total. The van der Waals surface area contributed by atoms with Crippen LogP contribution in [0.1, 0.15) is 20.3 Å². The van der Waals surface area contributed by atoms with Gasteiger partial charge in [0.15, 0.2) is 5.11 Å². The quantitative estimate of drug-likeness (QED) is 0.413. The summed E-state index contributed by atoms with van der Waals surface area (Å²) >= 11 is 4.84. The molecule has 0 aromatic rings. The first-order chi connectivity index (χ1) is 4.70. The molecule has 1 atom stereocenters. The molecule has 0 bridgehead atoms. The molecule has 0 saturated carbocycles. The molecule has 0 aliphatic rings. The Morgan fingerprint density at radius 3 is 2.60 bits per heavy atom. The van der Waals surface area contributed by atoms with Crippen molar-refractivity contribution in [3.05, 3.63) is 0 Å². The number of thiocarbonyl (C=S) groups is 1. The Morgan fingerprint density at radius 2 is 2.20 bits per heavy atom. The molecule has 0 aliphatic heterocycles. The lowest BCUT2D eigenvalue weighted by Crippen LogP contribution is -2.46. The Bertz CT molecular complexity index is 105. The lowest BCUT2D eigenvalue weighted by Gasteiger charge is -2.13. The molecule has 0 aromatic carbocycles. The molecule has 4 heteroatoms. The molecular formula is C6H15N3S. The Kier molecular flexibility index (Phi) is 5.25. The van der Waals surface area contributed by atoms with Gasteiger partial charge in [-0.25, -0.2) is 5.43 Å². The van der Waals surface area contributed by atoms with Crippen molar-refractivity contribution in [1.82, 2.24) is 16.2 Å². The fourth-order valence-electron chi connectivity index (χ4n) is 0.353. The lowest BCUT2D eigenvalue weighted by atomic mass is 10.3. The van der Waals surface area contributed by atoms with Crippen LogP contribution in [0.15, 0.2) is 0 Å². The van der Waals surface area contributed by atoms with Gasteiger partial charge < -0.3 is 5.32 Å². The van der Waals surface area contributed by atoms with Crippen molar-refractivity contribution in [3.63, 3.8) is 0 Å². The summed E-state index contributed by atoms with van der Waals surface area (Å²) in [5.74, 6) is 0. The van der Waals surface area contributed by atoms with E-state index in [1.54, 1.807) is 7.05 Å². The van der Waals surface area contributed by atoms with E-state index in [2.05, 4.69) is 30.0 Å². The molecule has 3 N–H and O–H groups in total. The molecule has 0 heterocycles. The monoisotopic (exact) mass is 161 g/mol. The molecule has 0 fully saturated rings. The van der Waals surface area contributed by atoms with E-state index < -0.39 is 0 Å². The first kappa shape index (κ1) is 9.65. The Labute approximate surface area is 67.5 Å². The van der Waals surface area contributed by atoms with Crippen molar-refractivity contribution in [3.8, 4) is 0 Å². The zero-order valence-corrected chi connectivity index (χ0v) is 7.51. The molecule has 0 radical (unpaired) electrons. The molecule has 0 saturated heterocycles. The van der Waals surface area contributed by atoms with Gasteiger partial charge in [0, 0.05) is 13.1 Å². The van der Waals surface area contributed by atoms with E-state index in [-0.39, 0.29) is 0 Å². The third-order valence-corrected chi connectivity index (χ3v) is 1.58. The van der Waals surface area contributed by atoms with Crippen molar-refractivity contribution >= 4 is 17.3 Å². The summed E-state index contributed by atoms with van der Waals surface area (Å²) < 4.78 is 0. The van der Waals surface area contributed by atoms with E-state index in [1.807, 2.05) is 0 Å². The summed E-state index contributed by atoms with van der Waals surface area (Å²) in [7, 11) is 1.79. The highest BCUT2D eigenvalue weighted by Gasteiger charge is 1.95. The third-order valence-electron chi connectivity index (χ3n) is 1.27. The van der Waals surface area contributed by atoms with Crippen LogP contribution in [-0.4, -0.2) is 18.2 Å². The summed E-state index contributed by atoms with van der Waals surface area (Å²) in [5.41, 5.74) is 5.88. The first-order valence-corrected chi connectivity index (χ1v) is 3.84. The maximum Gasteiger partial charge on any atom is 0.180 e. The second-order valence-electron chi connectivity index (χ2n) is 2.16. The second kappa shape index (κ2) is 5.44. The van der Waals surface area contributed by atoms with Crippen LogP contribution in [0, 0.1) is 0 Å². The highest BCUT2D eigenvalue weighted by molar-refractivity contribution is 7.80. The van der Waals surface area contributed by atoms with Gasteiger partial charge in [0.25, 0.3) is 0 Å². The van der Waals surface area contributed by atoms with Gasteiger partial charge in [0.05, 0.1) is 0 Å². The molecule has 0 aromatic heterocycles. The topological polar surface area (TPSA) is 36.1 Å². The van der Waals surface area contributed by atoms with Gasteiger partial charge in [-0.2, -0.15) is 0 Å². The van der Waals surface area contributed by atoms with Crippen LogP contribution in [0.5, 0.6) is 0 Å². The highest BCUT2D eigenvalue weighted by atomic mass is 32.1. The standard InChI is InChI=1S/C6H15N3S/c1-4-5(2)8-9-6(10)7-3/h5,8H,4H2,1-3H3,(H2,7,9,10). The SMILES string of the molecule is CCC(C)NNC(=S)NC. The summed E-state index contributed by atoms with van der Waals surface area (Å²) in [6, 6.07) is 0.450. The van der Waals surface area contributed by atoms with E-state index in [1.165, 1.54) is 0 Å². The highest BCUT2D eigenvalue weighted by Crippen LogP contribution is 1.83. The number of nitrogens with one attached hydrogen (secondary N) is 3. The van der Waals surface area contributed by atoms with Crippen molar-refractivity contribution in [2.75, 3.05) is 7.05 Å². The maximum absolute atomic E-state index is 4.84. The van der Waals surface area contributed by atoms with Crippen LogP contribution >= 0.6 is 12.2 Å². The zero-order valence-electron chi connectivity index (χ0n) is 6.69. The van der Waals surface area contributed by atoms with Gasteiger partial charge in [-0.15, -0.1) is 0 Å². The number of hydrogen-bond acceptors (Lipinski definition) is 2. The predicted molar refractivity (Wildman–Crippen MR) is 47.7 cm³/mol. The zero-order chi connectivity index (χ0) is 7.98. The normalized spacial score (nSPS) is 12.3. The van der Waals surface area contributed by atoms with Crippen LogP contribution in [0.4, 0.5) is 0 Å². The second-order valence-corrected chi connectivity index (χ2v) is 2.57. The van der Waals surface area contributed by atoms with E-state index in [0.29, 0.717) is 11.2 Å². The molecule has 60 valence electrons. The minimum Gasteiger partial charge on any atom is -0.365 e. The van der Waals surface area contributed by atoms with Crippen molar-refractivity contribution < 1.29 is 0 Å².